The molecule has 0 bridgehead atoms. The van der Waals surface area contributed by atoms with E-state index in [-0.39, 0.29) is 0 Å². The van der Waals surface area contributed by atoms with Gasteiger partial charge in [-0.3, -0.25) is 0 Å². The molecule has 0 aliphatic rings. The summed E-state index contributed by atoms with van der Waals surface area (Å²) < 4.78 is 4.98. The van der Waals surface area contributed by atoms with Gasteiger partial charge in [-0.2, -0.15) is 0 Å². The van der Waals surface area contributed by atoms with Gasteiger partial charge in [0.25, 0.3) is 0 Å². The first-order valence-electron chi connectivity index (χ1n) is 4.45. The molecular formula is C11H14OS. The van der Waals surface area contributed by atoms with Crippen molar-refractivity contribution in [3.63, 3.8) is 0 Å². The first kappa shape index (κ1) is 10.1. The predicted molar refractivity (Wildman–Crippen MR) is 58.1 cm³/mol. The summed E-state index contributed by atoms with van der Waals surface area (Å²) in [6.07, 6.45) is 3.47. The number of furan rings is 1. The average molecular weight is 194 g/mol. The molecule has 0 atom stereocenters. The van der Waals surface area contributed by atoms with Crippen LogP contribution in [0.15, 0.2) is 35.1 Å². The van der Waals surface area contributed by atoms with Crippen molar-refractivity contribution in [3.8, 4) is 10.4 Å². The van der Waals surface area contributed by atoms with E-state index in [9.17, 15) is 0 Å². The highest BCUT2D eigenvalue weighted by Crippen LogP contribution is 2.27. The number of aryl methyl sites for hydroxylation is 1. The molecule has 1 nitrogen and oxygen atoms in total. The molecule has 0 N–H and O–H groups in total. The molecule has 0 saturated carbocycles. The number of rotatable bonds is 1. The van der Waals surface area contributed by atoms with Crippen LogP contribution in [0.2, 0.25) is 0 Å². The summed E-state index contributed by atoms with van der Waals surface area (Å²) in [4.78, 5) is 2.61. The lowest BCUT2D eigenvalue weighted by molar-refractivity contribution is 0.568. The Kier molecular flexibility index (Phi) is 3.77. The average Bonchev–Trinajstić information content (AvgIpc) is 2.77. The van der Waals surface area contributed by atoms with Crippen LogP contribution in [-0.2, 0) is 0 Å². The van der Waals surface area contributed by atoms with Crippen molar-refractivity contribution in [1.82, 2.24) is 0 Å². The van der Waals surface area contributed by atoms with Crippen molar-refractivity contribution in [1.29, 1.82) is 0 Å². The highest BCUT2D eigenvalue weighted by Gasteiger charge is 1.99. The van der Waals surface area contributed by atoms with Gasteiger partial charge >= 0.3 is 0 Å². The van der Waals surface area contributed by atoms with Gasteiger partial charge in [0.15, 0.2) is 0 Å². The van der Waals surface area contributed by atoms with E-state index in [0.29, 0.717) is 0 Å². The van der Waals surface area contributed by atoms with E-state index in [4.69, 9.17) is 4.42 Å². The molecule has 0 amide bonds. The van der Waals surface area contributed by atoms with Crippen molar-refractivity contribution in [2.24, 2.45) is 0 Å². The highest BCUT2D eigenvalue weighted by molar-refractivity contribution is 7.15. The summed E-state index contributed by atoms with van der Waals surface area (Å²) in [6, 6.07) is 6.21. The zero-order valence-electron chi connectivity index (χ0n) is 8.20. The summed E-state index contributed by atoms with van der Waals surface area (Å²) in [7, 11) is 0. The molecule has 0 aliphatic carbocycles. The molecule has 2 rings (SSSR count). The number of hydrogen-bond acceptors (Lipinski definition) is 2. The van der Waals surface area contributed by atoms with Crippen LogP contribution < -0.4 is 0 Å². The quantitative estimate of drug-likeness (QED) is 0.658. The molecule has 0 aromatic carbocycles. The largest absolute Gasteiger partial charge is 0.472 e. The van der Waals surface area contributed by atoms with Gasteiger partial charge in [-0.05, 0) is 25.1 Å². The second-order valence-corrected chi connectivity index (χ2v) is 3.71. The van der Waals surface area contributed by atoms with Gasteiger partial charge < -0.3 is 4.42 Å². The standard InChI is InChI=1S/C9H8OS.C2H6/c1-7-2-3-9(11-7)8-4-5-10-6-8;1-2/h2-6H,1H3;1-2H3. The van der Waals surface area contributed by atoms with Crippen LogP contribution in [0.5, 0.6) is 0 Å². The topological polar surface area (TPSA) is 13.1 Å². The minimum atomic E-state index is 1.17. The molecule has 70 valence electrons. The van der Waals surface area contributed by atoms with Crippen molar-refractivity contribution in [3.05, 3.63) is 35.6 Å². The van der Waals surface area contributed by atoms with Crippen molar-refractivity contribution in [2.45, 2.75) is 20.8 Å². The lowest BCUT2D eigenvalue weighted by Gasteiger charge is -1.85. The Morgan fingerprint density at radius 1 is 1.15 bits per heavy atom. The third kappa shape index (κ3) is 2.46. The van der Waals surface area contributed by atoms with E-state index < -0.39 is 0 Å². The van der Waals surface area contributed by atoms with Gasteiger partial charge in [-0.1, -0.05) is 13.8 Å². The zero-order chi connectivity index (χ0) is 9.68. The van der Waals surface area contributed by atoms with Crippen LogP contribution in [0.1, 0.15) is 18.7 Å². The molecule has 0 fully saturated rings. The summed E-state index contributed by atoms with van der Waals surface area (Å²) in [5.74, 6) is 0. The van der Waals surface area contributed by atoms with E-state index in [1.54, 1.807) is 23.9 Å². The molecular weight excluding hydrogens is 180 g/mol. The predicted octanol–water partition coefficient (Wildman–Crippen LogP) is 4.34. The Labute approximate surface area is 83.0 Å². The van der Waals surface area contributed by atoms with E-state index >= 15 is 0 Å². The fraction of sp³-hybridized carbons (Fsp3) is 0.273. The van der Waals surface area contributed by atoms with E-state index in [1.807, 2.05) is 19.9 Å². The molecule has 0 saturated heterocycles. The minimum absolute atomic E-state index is 1.17. The molecule has 0 radical (unpaired) electrons. The van der Waals surface area contributed by atoms with Crippen LogP contribution in [0, 0.1) is 6.92 Å². The van der Waals surface area contributed by atoms with E-state index in [0.717, 1.165) is 0 Å². The fourth-order valence-corrected chi connectivity index (χ4v) is 1.85. The molecule has 0 aliphatic heterocycles. The van der Waals surface area contributed by atoms with Gasteiger partial charge in [-0.15, -0.1) is 11.3 Å². The summed E-state index contributed by atoms with van der Waals surface area (Å²) >= 11 is 1.79. The van der Waals surface area contributed by atoms with Crippen molar-refractivity contribution in [2.75, 3.05) is 0 Å². The van der Waals surface area contributed by atoms with Gasteiger partial charge in [0.2, 0.25) is 0 Å². The number of hydrogen-bond donors (Lipinski definition) is 0. The van der Waals surface area contributed by atoms with Gasteiger partial charge in [0.05, 0.1) is 12.5 Å². The second-order valence-electron chi connectivity index (χ2n) is 2.42. The lowest BCUT2D eigenvalue weighted by Crippen LogP contribution is -1.58. The summed E-state index contributed by atoms with van der Waals surface area (Å²) in [5.41, 5.74) is 1.17. The Bertz CT molecular complexity index is 333. The van der Waals surface area contributed by atoms with Crippen LogP contribution in [0.4, 0.5) is 0 Å². The Morgan fingerprint density at radius 3 is 2.38 bits per heavy atom. The first-order valence-corrected chi connectivity index (χ1v) is 5.27. The minimum Gasteiger partial charge on any atom is -0.472 e. The molecule has 2 aromatic heterocycles. The molecule has 2 heteroatoms. The highest BCUT2D eigenvalue weighted by atomic mass is 32.1. The molecule has 0 spiro atoms. The van der Waals surface area contributed by atoms with Crippen LogP contribution in [0.25, 0.3) is 10.4 Å². The fourth-order valence-electron chi connectivity index (χ4n) is 0.994. The maximum Gasteiger partial charge on any atom is 0.0989 e. The number of thiophene rings is 1. The van der Waals surface area contributed by atoms with Gasteiger partial charge in [-0.25, -0.2) is 0 Å². The second kappa shape index (κ2) is 4.87. The molecule has 0 unspecified atom stereocenters. The van der Waals surface area contributed by atoms with Gasteiger partial charge in [0, 0.05) is 15.3 Å². The molecule has 13 heavy (non-hydrogen) atoms. The smallest absolute Gasteiger partial charge is 0.0989 e. The maximum atomic E-state index is 4.98. The third-order valence-electron chi connectivity index (χ3n) is 1.55. The monoisotopic (exact) mass is 194 g/mol. The summed E-state index contributed by atoms with van der Waals surface area (Å²) in [5, 5.41) is 0. The van der Waals surface area contributed by atoms with Crippen molar-refractivity contribution < 1.29 is 4.42 Å². The normalized spacial score (nSPS) is 9.15. The SMILES string of the molecule is CC.Cc1ccc(-c2ccoc2)s1. The zero-order valence-corrected chi connectivity index (χ0v) is 9.02. The van der Waals surface area contributed by atoms with E-state index in [2.05, 4.69) is 19.1 Å². The lowest BCUT2D eigenvalue weighted by atomic mass is 10.3. The van der Waals surface area contributed by atoms with Crippen LogP contribution in [-0.4, -0.2) is 0 Å². The Hall–Kier alpha value is -1.02. The molecule has 2 aromatic rings. The Balaban J connectivity index is 0.000000396. The molecule has 2 heterocycles. The van der Waals surface area contributed by atoms with E-state index in [1.165, 1.54) is 15.3 Å². The van der Waals surface area contributed by atoms with Gasteiger partial charge in [0.1, 0.15) is 0 Å². The maximum absolute atomic E-state index is 4.98. The van der Waals surface area contributed by atoms with Crippen LogP contribution in [0.3, 0.4) is 0 Å². The summed E-state index contributed by atoms with van der Waals surface area (Å²) in [6.45, 7) is 6.11. The third-order valence-corrected chi connectivity index (χ3v) is 2.60. The first-order chi connectivity index (χ1) is 6.36. The van der Waals surface area contributed by atoms with Crippen LogP contribution >= 0.6 is 11.3 Å². The Morgan fingerprint density at radius 2 is 1.92 bits per heavy atom. The van der Waals surface area contributed by atoms with Crippen molar-refractivity contribution >= 4 is 11.3 Å².